The number of ketones is 1. The van der Waals surface area contributed by atoms with E-state index in [4.69, 9.17) is 52.1 Å². The van der Waals surface area contributed by atoms with Crippen LogP contribution in [-0.4, -0.2) is 34.7 Å². The predicted octanol–water partition coefficient (Wildman–Crippen LogP) is 6.89. The largest absolute Gasteiger partial charge is 0.327 e. The Bertz CT molecular complexity index is 1370. The van der Waals surface area contributed by atoms with Gasteiger partial charge in [-0.15, -0.1) is 0 Å². The van der Waals surface area contributed by atoms with Crippen LogP contribution in [0.2, 0.25) is 20.1 Å². The molecule has 1 amide bonds. The number of piperidine rings is 1. The van der Waals surface area contributed by atoms with E-state index in [0.29, 0.717) is 44.1 Å². The molecule has 2 N–H and O–H groups in total. The van der Waals surface area contributed by atoms with Gasteiger partial charge in [0.25, 0.3) is 0 Å². The minimum absolute atomic E-state index is 0.126. The summed E-state index contributed by atoms with van der Waals surface area (Å²) < 4.78 is 0. The molecule has 3 aromatic carbocycles. The maximum Gasteiger partial charge on any atom is 0.240 e. The molecule has 4 nitrogen and oxygen atoms in total. The third-order valence-corrected chi connectivity index (χ3v) is 8.24. The number of nitrogens with zero attached hydrogens (tertiary/aromatic N) is 1. The van der Waals surface area contributed by atoms with Crippen LogP contribution in [0.4, 0.5) is 0 Å². The Hall–Kier alpha value is -2.60. The highest BCUT2D eigenvalue weighted by Crippen LogP contribution is 2.45. The van der Waals surface area contributed by atoms with Crippen molar-refractivity contribution >= 4 is 70.2 Å². The van der Waals surface area contributed by atoms with E-state index in [9.17, 15) is 9.59 Å². The van der Waals surface area contributed by atoms with Crippen LogP contribution in [-0.2, 0) is 16.0 Å². The molecule has 2 heterocycles. The molecular formula is C29H22Cl4N2O2. The van der Waals surface area contributed by atoms with Gasteiger partial charge in [0.15, 0.2) is 5.78 Å². The Morgan fingerprint density at radius 1 is 0.838 bits per heavy atom. The van der Waals surface area contributed by atoms with Crippen molar-refractivity contribution in [1.29, 1.82) is 0 Å². The van der Waals surface area contributed by atoms with Gasteiger partial charge in [0.1, 0.15) is 0 Å². The van der Waals surface area contributed by atoms with Gasteiger partial charge in [-0.2, -0.15) is 0 Å². The van der Waals surface area contributed by atoms with E-state index in [1.54, 1.807) is 53.5 Å². The van der Waals surface area contributed by atoms with Crippen LogP contribution in [0, 0.1) is 0 Å². The number of hydrogen-bond acceptors (Lipinski definition) is 3. The number of carbonyl (C=O) groups excluding carboxylic acids is 2. The van der Waals surface area contributed by atoms with Crippen LogP contribution in [0.1, 0.15) is 23.1 Å². The molecule has 2 unspecified atom stereocenters. The Balaban J connectivity index is 1.53. The number of carbonyl (C=O) groups is 2. The van der Waals surface area contributed by atoms with E-state index in [-0.39, 0.29) is 23.8 Å². The first-order valence-corrected chi connectivity index (χ1v) is 13.2. The van der Waals surface area contributed by atoms with Crippen molar-refractivity contribution in [1.82, 2.24) is 4.90 Å². The van der Waals surface area contributed by atoms with Gasteiger partial charge in [0, 0.05) is 11.1 Å². The zero-order valence-corrected chi connectivity index (χ0v) is 22.5. The van der Waals surface area contributed by atoms with Gasteiger partial charge in [-0.25, -0.2) is 0 Å². The van der Waals surface area contributed by atoms with E-state index >= 15 is 0 Å². The molecule has 3 aliphatic rings. The first-order chi connectivity index (χ1) is 17.7. The molecule has 2 aliphatic heterocycles. The first-order valence-electron chi connectivity index (χ1n) is 11.7. The molecule has 0 radical (unpaired) electrons. The Morgan fingerprint density at radius 2 is 1.35 bits per heavy atom. The highest BCUT2D eigenvalue weighted by Gasteiger charge is 2.54. The first kappa shape index (κ1) is 26.0. The SMILES string of the molecule is N[C@@H](Cc1ccccc1)C(=O)N1C2CC1/C(=C\c1ccc(Cl)c(Cl)c1)C(=O)/C2=C/c1ccc(Cl)c(Cl)c1. The smallest absolute Gasteiger partial charge is 0.240 e. The van der Waals surface area contributed by atoms with E-state index < -0.39 is 6.04 Å². The fraction of sp³-hybridized carbons (Fsp3) is 0.172. The number of nitrogens with two attached hydrogens (primary N) is 1. The summed E-state index contributed by atoms with van der Waals surface area (Å²) in [5.74, 6) is -0.322. The van der Waals surface area contributed by atoms with Crippen molar-refractivity contribution in [3.8, 4) is 0 Å². The van der Waals surface area contributed by atoms with Crippen LogP contribution < -0.4 is 5.73 Å². The highest BCUT2D eigenvalue weighted by atomic mass is 35.5. The average Bonchev–Trinajstić information content (AvgIpc) is 2.86. The summed E-state index contributed by atoms with van der Waals surface area (Å²) >= 11 is 24.6. The summed E-state index contributed by atoms with van der Waals surface area (Å²) in [4.78, 5) is 29.0. The van der Waals surface area contributed by atoms with Crippen molar-refractivity contribution in [3.05, 3.63) is 115 Å². The van der Waals surface area contributed by atoms with Gasteiger partial charge >= 0.3 is 0 Å². The maximum atomic E-state index is 13.7. The third-order valence-electron chi connectivity index (χ3n) is 6.76. The minimum atomic E-state index is -0.738. The summed E-state index contributed by atoms with van der Waals surface area (Å²) in [5, 5.41) is 1.61. The summed E-state index contributed by atoms with van der Waals surface area (Å²) in [7, 11) is 0. The van der Waals surface area contributed by atoms with Gasteiger partial charge < -0.3 is 10.6 Å². The Kier molecular flexibility index (Phi) is 7.49. The molecular weight excluding hydrogens is 550 g/mol. The number of amides is 1. The van der Waals surface area contributed by atoms with Crippen LogP contribution in [0.25, 0.3) is 12.2 Å². The fourth-order valence-corrected chi connectivity index (χ4v) is 5.49. The van der Waals surface area contributed by atoms with Crippen LogP contribution in [0.5, 0.6) is 0 Å². The molecule has 3 fully saturated rings. The number of benzene rings is 3. The monoisotopic (exact) mass is 570 g/mol. The molecule has 3 aromatic rings. The number of halogens is 4. The Labute approximate surface area is 235 Å². The number of fused-ring (bicyclic) bond motifs is 2. The van der Waals surface area contributed by atoms with E-state index in [1.165, 1.54) is 0 Å². The van der Waals surface area contributed by atoms with Crippen molar-refractivity contribution in [2.24, 2.45) is 5.73 Å². The second kappa shape index (κ2) is 10.6. The lowest BCUT2D eigenvalue weighted by Gasteiger charge is -2.55. The fourth-order valence-electron chi connectivity index (χ4n) is 4.88. The molecule has 37 heavy (non-hydrogen) atoms. The lowest BCUT2D eigenvalue weighted by atomic mass is 9.70. The van der Waals surface area contributed by atoms with Gasteiger partial charge in [0.05, 0.1) is 38.2 Å². The highest BCUT2D eigenvalue weighted by molar-refractivity contribution is 6.42. The summed E-state index contributed by atoms with van der Waals surface area (Å²) in [6.45, 7) is 0. The third kappa shape index (κ3) is 5.22. The minimum Gasteiger partial charge on any atom is -0.327 e. The number of Topliss-reactive ketones (excluding diaryl/α,β-unsaturated/α-hetero) is 1. The summed E-state index contributed by atoms with van der Waals surface area (Å²) in [5.41, 5.74) is 9.82. The zero-order valence-electron chi connectivity index (χ0n) is 19.5. The molecule has 6 rings (SSSR count). The quantitative estimate of drug-likeness (QED) is 0.339. The molecule has 3 atom stereocenters. The maximum absolute atomic E-state index is 13.7. The summed E-state index contributed by atoms with van der Waals surface area (Å²) in [6, 6.07) is 18.5. The van der Waals surface area contributed by atoms with Crippen molar-refractivity contribution in [3.63, 3.8) is 0 Å². The normalized spacial score (nSPS) is 21.8. The molecule has 1 saturated carbocycles. The van der Waals surface area contributed by atoms with Crippen LogP contribution in [0.15, 0.2) is 77.9 Å². The molecule has 8 heteroatoms. The zero-order chi connectivity index (χ0) is 26.3. The van der Waals surface area contributed by atoms with E-state index in [2.05, 4.69) is 0 Å². The molecule has 0 spiro atoms. The van der Waals surface area contributed by atoms with Crippen molar-refractivity contribution < 1.29 is 9.59 Å². The molecule has 0 aromatic heterocycles. The molecule has 1 aliphatic carbocycles. The second-order valence-corrected chi connectivity index (χ2v) is 10.8. The Morgan fingerprint density at radius 3 is 1.84 bits per heavy atom. The van der Waals surface area contributed by atoms with Gasteiger partial charge in [0.2, 0.25) is 5.91 Å². The standard InChI is InChI=1S/C29H22Cl4N2O2/c30-21-8-6-17(12-23(21)32)10-19-26-15-27(20(28(19)36)11-18-7-9-22(31)24(33)13-18)35(26)29(37)25(34)14-16-4-2-1-3-5-16/h1-13,25-27H,14-15,34H2/b19-10+,20-11+/t25-,26?,27?/m0/s1. The summed E-state index contributed by atoms with van der Waals surface area (Å²) in [6.07, 6.45) is 4.57. The van der Waals surface area contributed by atoms with Gasteiger partial charge in [-0.3, -0.25) is 9.59 Å². The van der Waals surface area contributed by atoms with Crippen molar-refractivity contribution in [2.75, 3.05) is 0 Å². The second-order valence-electron chi connectivity index (χ2n) is 9.18. The van der Waals surface area contributed by atoms with E-state index in [0.717, 1.165) is 16.7 Å². The van der Waals surface area contributed by atoms with Crippen molar-refractivity contribution in [2.45, 2.75) is 31.0 Å². The topological polar surface area (TPSA) is 63.4 Å². The molecule has 188 valence electrons. The van der Waals surface area contributed by atoms with Gasteiger partial charge in [-0.05, 0) is 65.9 Å². The average molecular weight is 572 g/mol. The molecule has 2 bridgehead atoms. The van der Waals surface area contributed by atoms with Crippen LogP contribution in [0.3, 0.4) is 0 Å². The molecule has 2 saturated heterocycles. The van der Waals surface area contributed by atoms with E-state index in [1.807, 2.05) is 30.3 Å². The lowest BCUT2D eigenvalue weighted by molar-refractivity contribution is -0.145. The van der Waals surface area contributed by atoms with Gasteiger partial charge in [-0.1, -0.05) is 88.9 Å². The van der Waals surface area contributed by atoms with Crippen LogP contribution >= 0.6 is 46.4 Å². The lowest BCUT2D eigenvalue weighted by Crippen LogP contribution is -2.68. The predicted molar refractivity (Wildman–Crippen MR) is 151 cm³/mol. The number of hydrogen-bond donors (Lipinski definition) is 1. The number of rotatable bonds is 5.